The Bertz CT molecular complexity index is 1030. The van der Waals surface area contributed by atoms with E-state index < -0.39 is 12.0 Å². The minimum atomic E-state index is -1.01. The molecule has 0 radical (unpaired) electrons. The number of aliphatic carboxylic acids is 1. The van der Waals surface area contributed by atoms with Gasteiger partial charge in [0.05, 0.1) is 4.99 Å². The van der Waals surface area contributed by atoms with Gasteiger partial charge in [0.15, 0.2) is 6.04 Å². The number of benzene rings is 3. The zero-order valence-corrected chi connectivity index (χ0v) is 17.0. The van der Waals surface area contributed by atoms with E-state index in [2.05, 4.69) is 5.32 Å². The molecule has 0 saturated carbocycles. The van der Waals surface area contributed by atoms with Crippen LogP contribution in [0.4, 0.5) is 0 Å². The molecule has 148 valence electrons. The van der Waals surface area contributed by atoms with Crippen molar-refractivity contribution >= 4 is 39.7 Å². The zero-order valence-electron chi connectivity index (χ0n) is 16.2. The summed E-state index contributed by atoms with van der Waals surface area (Å²) in [5.41, 5.74) is 1.71. The van der Waals surface area contributed by atoms with E-state index in [0.29, 0.717) is 17.0 Å². The SMILES string of the molecule is CC(=O)CC(Cc1ccccc1)C(=S)NC(C(=O)O)c1cccc2ccccc12. The first-order chi connectivity index (χ1) is 14.0. The van der Waals surface area contributed by atoms with E-state index in [1.54, 1.807) is 6.07 Å². The van der Waals surface area contributed by atoms with Gasteiger partial charge < -0.3 is 15.2 Å². The Hall–Kier alpha value is -3.05. The molecule has 4 nitrogen and oxygen atoms in total. The first kappa shape index (κ1) is 20.7. The first-order valence-electron chi connectivity index (χ1n) is 9.50. The van der Waals surface area contributed by atoms with E-state index in [-0.39, 0.29) is 18.1 Å². The summed E-state index contributed by atoms with van der Waals surface area (Å²) >= 11 is 5.58. The van der Waals surface area contributed by atoms with Crippen molar-refractivity contribution in [2.45, 2.75) is 25.8 Å². The molecule has 0 aliphatic rings. The summed E-state index contributed by atoms with van der Waals surface area (Å²) in [6.07, 6.45) is 0.844. The van der Waals surface area contributed by atoms with Crippen LogP contribution < -0.4 is 5.32 Å². The topological polar surface area (TPSA) is 66.4 Å². The maximum atomic E-state index is 12.1. The van der Waals surface area contributed by atoms with Crippen LogP contribution in [0.5, 0.6) is 0 Å². The predicted molar refractivity (Wildman–Crippen MR) is 119 cm³/mol. The van der Waals surface area contributed by atoms with Gasteiger partial charge in [-0.15, -0.1) is 0 Å². The van der Waals surface area contributed by atoms with Gasteiger partial charge in [0.2, 0.25) is 0 Å². The minimum Gasteiger partial charge on any atom is -0.479 e. The van der Waals surface area contributed by atoms with E-state index >= 15 is 0 Å². The fourth-order valence-corrected chi connectivity index (χ4v) is 3.82. The normalized spacial score (nSPS) is 12.9. The van der Waals surface area contributed by atoms with E-state index in [4.69, 9.17) is 12.2 Å². The van der Waals surface area contributed by atoms with Crippen LogP contribution in [0.25, 0.3) is 10.8 Å². The Morgan fingerprint density at radius 2 is 1.62 bits per heavy atom. The number of rotatable bonds is 8. The molecule has 0 bridgehead atoms. The number of hydrogen-bond acceptors (Lipinski definition) is 3. The molecule has 3 rings (SSSR count). The molecule has 3 aromatic rings. The van der Waals surface area contributed by atoms with Gasteiger partial charge >= 0.3 is 5.97 Å². The van der Waals surface area contributed by atoms with Crippen LogP contribution in [0.15, 0.2) is 72.8 Å². The number of hydrogen-bond donors (Lipinski definition) is 2. The molecule has 0 fully saturated rings. The minimum absolute atomic E-state index is 0.0205. The quantitative estimate of drug-likeness (QED) is 0.531. The Balaban J connectivity index is 1.88. The van der Waals surface area contributed by atoms with Crippen molar-refractivity contribution in [3.05, 3.63) is 83.9 Å². The maximum Gasteiger partial charge on any atom is 0.330 e. The average molecular weight is 406 g/mol. The smallest absolute Gasteiger partial charge is 0.330 e. The van der Waals surface area contributed by atoms with Gasteiger partial charge in [-0.05, 0) is 35.2 Å². The van der Waals surface area contributed by atoms with E-state index in [9.17, 15) is 14.7 Å². The summed E-state index contributed by atoms with van der Waals surface area (Å²) in [6.45, 7) is 1.53. The lowest BCUT2D eigenvalue weighted by atomic mass is 9.93. The summed E-state index contributed by atoms with van der Waals surface area (Å²) in [7, 11) is 0. The van der Waals surface area contributed by atoms with Gasteiger partial charge in [-0.1, -0.05) is 85.0 Å². The molecule has 5 heteroatoms. The number of nitrogens with one attached hydrogen (secondary N) is 1. The molecule has 0 aliphatic heterocycles. The molecule has 2 unspecified atom stereocenters. The van der Waals surface area contributed by atoms with Crippen LogP contribution in [-0.4, -0.2) is 21.8 Å². The van der Waals surface area contributed by atoms with Crippen LogP contribution in [0.2, 0.25) is 0 Å². The number of carboxylic acid groups (broad SMARTS) is 1. The molecule has 0 saturated heterocycles. The Kier molecular flexibility index (Phi) is 6.73. The summed E-state index contributed by atoms with van der Waals surface area (Å²) in [6, 6.07) is 22.0. The molecule has 0 heterocycles. The number of thiocarbonyl (C=S) groups is 1. The van der Waals surface area contributed by atoms with Crippen molar-refractivity contribution in [3.63, 3.8) is 0 Å². The second kappa shape index (κ2) is 9.43. The summed E-state index contributed by atoms with van der Waals surface area (Å²) in [4.78, 5) is 24.3. The van der Waals surface area contributed by atoms with Crippen LogP contribution in [0.1, 0.15) is 30.5 Å². The van der Waals surface area contributed by atoms with Crippen molar-refractivity contribution in [3.8, 4) is 0 Å². The third-order valence-electron chi connectivity index (χ3n) is 4.90. The number of carbonyl (C=O) groups is 2. The Morgan fingerprint density at radius 1 is 0.966 bits per heavy atom. The monoisotopic (exact) mass is 405 g/mol. The number of ketones is 1. The summed E-state index contributed by atoms with van der Waals surface area (Å²) in [5, 5.41) is 14.8. The van der Waals surface area contributed by atoms with Gasteiger partial charge in [0.25, 0.3) is 0 Å². The van der Waals surface area contributed by atoms with Crippen LogP contribution in [0, 0.1) is 5.92 Å². The number of carboxylic acids is 1. The van der Waals surface area contributed by atoms with Crippen LogP contribution in [0.3, 0.4) is 0 Å². The van der Waals surface area contributed by atoms with E-state index in [0.717, 1.165) is 16.3 Å². The van der Waals surface area contributed by atoms with Crippen molar-refractivity contribution < 1.29 is 14.7 Å². The van der Waals surface area contributed by atoms with E-state index in [1.165, 1.54) is 6.92 Å². The highest BCUT2D eigenvalue weighted by molar-refractivity contribution is 7.80. The molecule has 29 heavy (non-hydrogen) atoms. The molecule has 0 aromatic heterocycles. The summed E-state index contributed by atoms with van der Waals surface area (Å²) in [5.74, 6) is -1.25. The second-order valence-electron chi connectivity index (χ2n) is 7.14. The zero-order chi connectivity index (χ0) is 20.8. The molecule has 0 amide bonds. The highest BCUT2D eigenvalue weighted by Gasteiger charge is 2.26. The van der Waals surface area contributed by atoms with Crippen LogP contribution >= 0.6 is 12.2 Å². The van der Waals surface area contributed by atoms with Gasteiger partial charge in [-0.2, -0.15) is 0 Å². The lowest BCUT2D eigenvalue weighted by molar-refractivity contribution is -0.139. The number of carbonyl (C=O) groups excluding carboxylic acids is 1. The molecule has 0 spiro atoms. The number of fused-ring (bicyclic) bond motifs is 1. The second-order valence-corrected chi connectivity index (χ2v) is 7.58. The molecule has 0 aliphatic carbocycles. The fourth-order valence-electron chi connectivity index (χ4n) is 3.54. The highest BCUT2D eigenvalue weighted by Crippen LogP contribution is 2.26. The van der Waals surface area contributed by atoms with Gasteiger partial charge in [0, 0.05) is 12.3 Å². The average Bonchev–Trinajstić information content (AvgIpc) is 2.71. The summed E-state index contributed by atoms with van der Waals surface area (Å²) < 4.78 is 0. The Morgan fingerprint density at radius 3 is 2.31 bits per heavy atom. The lowest BCUT2D eigenvalue weighted by Crippen LogP contribution is -2.38. The predicted octanol–water partition coefficient (Wildman–Crippen LogP) is 4.72. The number of Topliss-reactive ketones (excluding diaryl/α,β-unsaturated/α-hetero) is 1. The van der Waals surface area contributed by atoms with Crippen molar-refractivity contribution in [2.75, 3.05) is 0 Å². The van der Waals surface area contributed by atoms with Gasteiger partial charge in [0.1, 0.15) is 5.78 Å². The van der Waals surface area contributed by atoms with Crippen LogP contribution in [-0.2, 0) is 16.0 Å². The third-order valence-corrected chi connectivity index (χ3v) is 5.35. The van der Waals surface area contributed by atoms with Gasteiger partial charge in [-0.3, -0.25) is 0 Å². The molecule has 3 aromatic carbocycles. The molecular formula is C24H23NO3S. The van der Waals surface area contributed by atoms with Crippen molar-refractivity contribution in [2.24, 2.45) is 5.92 Å². The molecule has 2 N–H and O–H groups in total. The lowest BCUT2D eigenvalue weighted by Gasteiger charge is -2.23. The third kappa shape index (κ3) is 5.27. The van der Waals surface area contributed by atoms with Crippen molar-refractivity contribution in [1.82, 2.24) is 5.32 Å². The van der Waals surface area contributed by atoms with Crippen molar-refractivity contribution in [1.29, 1.82) is 0 Å². The highest BCUT2D eigenvalue weighted by atomic mass is 32.1. The standard InChI is InChI=1S/C24H23NO3S/c1-16(26)14-19(15-17-8-3-2-4-9-17)23(29)25-22(24(27)28)21-13-7-11-18-10-5-6-12-20(18)21/h2-13,19,22H,14-15H2,1H3,(H,25,29)(H,27,28). The molecule has 2 atom stereocenters. The first-order valence-corrected chi connectivity index (χ1v) is 9.90. The van der Waals surface area contributed by atoms with Gasteiger partial charge in [-0.25, -0.2) is 4.79 Å². The van der Waals surface area contributed by atoms with E-state index in [1.807, 2.05) is 66.7 Å². The molecular weight excluding hydrogens is 382 g/mol. The Labute approximate surface area is 175 Å². The fraction of sp³-hybridized carbons (Fsp3) is 0.208. The maximum absolute atomic E-state index is 12.1. The largest absolute Gasteiger partial charge is 0.479 e.